The molecule has 31 heavy (non-hydrogen) atoms. The highest BCUT2D eigenvalue weighted by molar-refractivity contribution is 5.84. The Balaban J connectivity index is 1.87. The van der Waals surface area contributed by atoms with Crippen LogP contribution in [0, 0.1) is 11.3 Å². The minimum atomic E-state index is -0.517. The fraction of sp³-hybridized carbons (Fsp3) is 0.500. The van der Waals surface area contributed by atoms with Gasteiger partial charge in [-0.25, -0.2) is 0 Å². The molecule has 1 saturated heterocycles. The van der Waals surface area contributed by atoms with Crippen LogP contribution in [0.4, 0.5) is 0 Å². The van der Waals surface area contributed by atoms with E-state index < -0.39 is 5.41 Å². The van der Waals surface area contributed by atoms with Gasteiger partial charge in [0.05, 0.1) is 5.41 Å². The lowest BCUT2D eigenvalue weighted by molar-refractivity contribution is -0.141. The number of pyridine rings is 1. The Morgan fingerprint density at radius 3 is 2.39 bits per heavy atom. The van der Waals surface area contributed by atoms with E-state index in [2.05, 4.69) is 42.3 Å². The normalized spacial score (nSPS) is 15.9. The molecule has 0 unspecified atom stereocenters. The molecule has 0 radical (unpaired) electrons. The maximum absolute atomic E-state index is 13.4. The molecule has 3 rings (SSSR count). The van der Waals surface area contributed by atoms with E-state index in [1.165, 1.54) is 0 Å². The van der Waals surface area contributed by atoms with Crippen LogP contribution in [-0.2, 0) is 16.0 Å². The highest BCUT2D eigenvalue weighted by atomic mass is 16.2. The van der Waals surface area contributed by atoms with E-state index >= 15 is 0 Å². The molecule has 0 aliphatic carbocycles. The summed E-state index contributed by atoms with van der Waals surface area (Å²) in [5, 5.41) is 3.15. The van der Waals surface area contributed by atoms with Crippen molar-refractivity contribution in [1.29, 1.82) is 0 Å². The highest BCUT2D eigenvalue weighted by Gasteiger charge is 2.42. The second-order valence-electron chi connectivity index (χ2n) is 9.46. The molecular weight excluding hydrogens is 386 g/mol. The monoisotopic (exact) mass is 421 g/mol. The molecule has 166 valence electrons. The van der Waals surface area contributed by atoms with E-state index in [1.807, 2.05) is 43.1 Å². The van der Waals surface area contributed by atoms with Gasteiger partial charge in [0.15, 0.2) is 0 Å². The van der Waals surface area contributed by atoms with Crippen LogP contribution in [0.25, 0.3) is 11.1 Å². The minimum absolute atomic E-state index is 0.0820. The molecule has 2 aromatic rings. The summed E-state index contributed by atoms with van der Waals surface area (Å²) in [4.78, 5) is 32.2. The predicted molar refractivity (Wildman–Crippen MR) is 124 cm³/mol. The number of amides is 2. The topological polar surface area (TPSA) is 62.3 Å². The van der Waals surface area contributed by atoms with E-state index in [0.29, 0.717) is 44.7 Å². The summed E-state index contributed by atoms with van der Waals surface area (Å²) in [7, 11) is 0. The molecule has 5 heteroatoms. The van der Waals surface area contributed by atoms with Crippen LogP contribution in [0.5, 0.6) is 0 Å². The number of likely N-dealkylation sites (tertiary alicyclic amines) is 1. The van der Waals surface area contributed by atoms with E-state index in [-0.39, 0.29) is 17.9 Å². The molecule has 0 atom stereocenters. The van der Waals surface area contributed by atoms with E-state index in [1.54, 1.807) is 6.20 Å². The van der Waals surface area contributed by atoms with Gasteiger partial charge >= 0.3 is 0 Å². The summed E-state index contributed by atoms with van der Waals surface area (Å²) in [5.41, 5.74) is 2.81. The first-order chi connectivity index (χ1) is 14.8. The molecule has 2 amide bonds. The fourth-order valence-electron chi connectivity index (χ4n) is 4.40. The van der Waals surface area contributed by atoms with Crippen LogP contribution in [0.1, 0.15) is 52.5 Å². The summed E-state index contributed by atoms with van der Waals surface area (Å²) in [5.74, 6) is 0.637. The maximum Gasteiger partial charge on any atom is 0.226 e. The maximum atomic E-state index is 13.4. The number of nitrogens with zero attached hydrogens (tertiary/aromatic N) is 2. The van der Waals surface area contributed by atoms with Crippen LogP contribution >= 0.6 is 0 Å². The minimum Gasteiger partial charge on any atom is -0.353 e. The Kier molecular flexibility index (Phi) is 7.47. The molecule has 1 fully saturated rings. The van der Waals surface area contributed by atoms with Crippen molar-refractivity contribution in [3.63, 3.8) is 0 Å². The third-order valence-electron chi connectivity index (χ3n) is 6.08. The number of carbonyl (C=O) groups excluding carboxylic acids is 2. The first-order valence-electron chi connectivity index (χ1n) is 11.4. The van der Waals surface area contributed by atoms with Gasteiger partial charge in [0, 0.05) is 43.5 Å². The molecule has 2 heterocycles. The van der Waals surface area contributed by atoms with Crippen molar-refractivity contribution in [3.8, 4) is 11.1 Å². The van der Waals surface area contributed by atoms with Gasteiger partial charge < -0.3 is 10.2 Å². The van der Waals surface area contributed by atoms with Crippen LogP contribution in [0.3, 0.4) is 0 Å². The van der Waals surface area contributed by atoms with Crippen molar-refractivity contribution in [2.24, 2.45) is 11.3 Å². The Labute approximate surface area is 186 Å². The first-order valence-corrected chi connectivity index (χ1v) is 11.4. The van der Waals surface area contributed by atoms with Gasteiger partial charge in [-0.05, 0) is 56.2 Å². The Morgan fingerprint density at radius 2 is 1.77 bits per heavy atom. The predicted octanol–water partition coefficient (Wildman–Crippen LogP) is 4.47. The molecule has 1 N–H and O–H groups in total. The largest absolute Gasteiger partial charge is 0.353 e. The summed E-state index contributed by atoms with van der Waals surface area (Å²) in [6.07, 6.45) is 6.21. The lowest BCUT2D eigenvalue weighted by Gasteiger charge is -2.41. The zero-order valence-corrected chi connectivity index (χ0v) is 19.2. The second kappa shape index (κ2) is 10.1. The lowest BCUT2D eigenvalue weighted by atomic mass is 9.71. The number of benzene rings is 1. The van der Waals surface area contributed by atoms with Gasteiger partial charge in [-0.1, -0.05) is 44.2 Å². The van der Waals surface area contributed by atoms with Gasteiger partial charge in [0.2, 0.25) is 11.8 Å². The number of rotatable bonds is 7. The van der Waals surface area contributed by atoms with Crippen LogP contribution < -0.4 is 5.32 Å². The number of piperidine rings is 1. The number of nitrogens with one attached hydrogen (secondary N) is 1. The Morgan fingerprint density at radius 1 is 1.06 bits per heavy atom. The van der Waals surface area contributed by atoms with Crippen molar-refractivity contribution >= 4 is 11.8 Å². The molecule has 1 aromatic carbocycles. The first kappa shape index (κ1) is 23.0. The van der Waals surface area contributed by atoms with Crippen molar-refractivity contribution < 1.29 is 9.59 Å². The molecule has 5 nitrogen and oxygen atoms in total. The average molecular weight is 422 g/mol. The smallest absolute Gasteiger partial charge is 0.226 e. The van der Waals surface area contributed by atoms with Gasteiger partial charge in [-0.3, -0.25) is 14.6 Å². The van der Waals surface area contributed by atoms with Crippen molar-refractivity contribution in [2.75, 3.05) is 13.1 Å². The second-order valence-corrected chi connectivity index (χ2v) is 9.46. The summed E-state index contributed by atoms with van der Waals surface area (Å²) >= 11 is 0. The van der Waals surface area contributed by atoms with Crippen molar-refractivity contribution in [3.05, 3.63) is 54.4 Å². The summed E-state index contributed by atoms with van der Waals surface area (Å²) in [6, 6.07) is 12.3. The van der Waals surface area contributed by atoms with E-state index in [0.717, 1.165) is 16.7 Å². The van der Waals surface area contributed by atoms with Crippen LogP contribution in [0.2, 0.25) is 0 Å². The number of aromatic nitrogens is 1. The van der Waals surface area contributed by atoms with Crippen LogP contribution in [-0.4, -0.2) is 40.8 Å². The quantitative estimate of drug-likeness (QED) is 0.717. The lowest BCUT2D eigenvalue weighted by Crippen LogP contribution is -2.52. The summed E-state index contributed by atoms with van der Waals surface area (Å²) < 4.78 is 0. The molecule has 0 bridgehead atoms. The fourth-order valence-corrected chi connectivity index (χ4v) is 4.40. The molecular formula is C26H35N3O2. The van der Waals surface area contributed by atoms with Crippen molar-refractivity contribution in [1.82, 2.24) is 15.2 Å². The molecule has 1 aliphatic heterocycles. The Bertz CT molecular complexity index is 885. The zero-order chi connectivity index (χ0) is 22.4. The van der Waals surface area contributed by atoms with Gasteiger partial charge in [-0.15, -0.1) is 0 Å². The standard InChI is InChI=1S/C26H35N3O2/c1-19(2)16-24(30)29-14-11-26(12-15-29,25(31)28-20(3)4)17-21-8-5-6-10-23(21)22-9-7-13-27-18-22/h5-10,13,18-20H,11-12,14-17H2,1-4H3,(H,28,31). The number of hydrogen-bond acceptors (Lipinski definition) is 3. The average Bonchev–Trinajstić information content (AvgIpc) is 2.74. The van der Waals surface area contributed by atoms with Gasteiger partial charge in [-0.2, -0.15) is 0 Å². The third kappa shape index (κ3) is 5.72. The zero-order valence-electron chi connectivity index (χ0n) is 19.2. The molecule has 0 spiro atoms. The number of carbonyl (C=O) groups is 2. The van der Waals surface area contributed by atoms with Crippen LogP contribution in [0.15, 0.2) is 48.8 Å². The SMILES string of the molecule is CC(C)CC(=O)N1CCC(Cc2ccccc2-c2cccnc2)(C(=O)NC(C)C)CC1. The molecule has 1 aliphatic rings. The molecule has 1 aromatic heterocycles. The number of hydrogen-bond donors (Lipinski definition) is 1. The van der Waals surface area contributed by atoms with Crippen molar-refractivity contribution in [2.45, 2.75) is 59.4 Å². The van der Waals surface area contributed by atoms with Gasteiger partial charge in [0.25, 0.3) is 0 Å². The van der Waals surface area contributed by atoms with E-state index in [4.69, 9.17) is 0 Å². The highest BCUT2D eigenvalue weighted by Crippen LogP contribution is 2.38. The summed E-state index contributed by atoms with van der Waals surface area (Å²) in [6.45, 7) is 9.39. The third-order valence-corrected chi connectivity index (χ3v) is 6.08. The van der Waals surface area contributed by atoms with Gasteiger partial charge in [0.1, 0.15) is 0 Å². The Hall–Kier alpha value is -2.69. The van der Waals surface area contributed by atoms with E-state index in [9.17, 15) is 9.59 Å². The molecule has 0 saturated carbocycles.